The summed E-state index contributed by atoms with van der Waals surface area (Å²) in [6, 6.07) is 9.82. The third kappa shape index (κ3) is 1.91. The quantitative estimate of drug-likeness (QED) is 0.763. The van der Waals surface area contributed by atoms with Gasteiger partial charge in [-0.15, -0.1) is 0 Å². The molecule has 0 heterocycles. The van der Waals surface area contributed by atoms with Crippen LogP contribution in [-0.4, -0.2) is 17.0 Å². The molecule has 1 aromatic carbocycles. The molecule has 0 amide bonds. The van der Waals surface area contributed by atoms with E-state index in [-0.39, 0.29) is 12.2 Å². The summed E-state index contributed by atoms with van der Waals surface area (Å²) in [6.45, 7) is 0. The minimum Gasteiger partial charge on any atom is -0.389 e. The average molecular weight is 188 g/mol. The highest BCUT2D eigenvalue weighted by atomic mass is 16.3. The van der Waals surface area contributed by atoms with Crippen LogP contribution in [0.3, 0.4) is 0 Å². The number of aliphatic hydroxyl groups excluding tert-OH is 1. The molecular formula is C12H12O2. The molecule has 0 fully saturated rings. The van der Waals surface area contributed by atoms with Crippen molar-refractivity contribution in [2.24, 2.45) is 0 Å². The van der Waals surface area contributed by atoms with Gasteiger partial charge in [-0.05, 0) is 17.2 Å². The summed E-state index contributed by atoms with van der Waals surface area (Å²) in [5.41, 5.74) is 1.85. The van der Waals surface area contributed by atoms with Crippen LogP contribution in [0.1, 0.15) is 12.0 Å². The molecule has 2 rings (SSSR count). The summed E-state index contributed by atoms with van der Waals surface area (Å²) in [7, 11) is 0. The molecule has 72 valence electrons. The Morgan fingerprint density at radius 2 is 2.00 bits per heavy atom. The lowest BCUT2D eigenvalue weighted by atomic mass is 10.0. The standard InChI is InChI=1S/C12H12O2/c13-11-7-10(12(14)8-11)6-9-4-2-1-3-5-9/h1-5,7,11,13H,6,8H2/t11-/m1/s1. The smallest absolute Gasteiger partial charge is 0.161 e. The molecule has 0 aliphatic heterocycles. The van der Waals surface area contributed by atoms with Crippen molar-refractivity contribution in [3.8, 4) is 0 Å². The second kappa shape index (κ2) is 3.76. The maximum Gasteiger partial charge on any atom is 0.161 e. The molecule has 1 aliphatic rings. The van der Waals surface area contributed by atoms with Crippen LogP contribution in [0, 0.1) is 0 Å². The lowest BCUT2D eigenvalue weighted by Crippen LogP contribution is -2.02. The average Bonchev–Trinajstić information content (AvgIpc) is 2.47. The topological polar surface area (TPSA) is 37.3 Å². The lowest BCUT2D eigenvalue weighted by Gasteiger charge is -1.99. The van der Waals surface area contributed by atoms with Gasteiger partial charge in [-0.25, -0.2) is 0 Å². The first-order valence-electron chi connectivity index (χ1n) is 4.71. The Morgan fingerprint density at radius 3 is 2.57 bits per heavy atom. The van der Waals surface area contributed by atoms with E-state index >= 15 is 0 Å². The third-order valence-electron chi connectivity index (χ3n) is 2.38. The van der Waals surface area contributed by atoms with Crippen molar-refractivity contribution in [2.75, 3.05) is 0 Å². The highest BCUT2D eigenvalue weighted by Crippen LogP contribution is 2.18. The summed E-state index contributed by atoms with van der Waals surface area (Å²) in [5, 5.41) is 9.25. The van der Waals surface area contributed by atoms with Gasteiger partial charge in [-0.3, -0.25) is 4.79 Å². The minimum absolute atomic E-state index is 0.0707. The Bertz CT molecular complexity index is 365. The Labute approximate surface area is 82.9 Å². The van der Waals surface area contributed by atoms with E-state index in [2.05, 4.69) is 0 Å². The second-order valence-corrected chi connectivity index (χ2v) is 3.55. The number of ketones is 1. The molecule has 2 nitrogen and oxygen atoms in total. The van der Waals surface area contributed by atoms with Gasteiger partial charge in [0.1, 0.15) is 0 Å². The summed E-state index contributed by atoms with van der Waals surface area (Å²) >= 11 is 0. The Morgan fingerprint density at radius 1 is 1.29 bits per heavy atom. The molecule has 0 saturated carbocycles. The number of hydrogen-bond donors (Lipinski definition) is 1. The van der Waals surface area contributed by atoms with Crippen molar-refractivity contribution in [2.45, 2.75) is 18.9 Å². The number of Topliss-reactive ketones (excluding diaryl/α,β-unsaturated/α-hetero) is 1. The van der Waals surface area contributed by atoms with Gasteiger partial charge in [0.15, 0.2) is 5.78 Å². The maximum atomic E-state index is 11.4. The zero-order valence-electron chi connectivity index (χ0n) is 7.81. The summed E-state index contributed by atoms with van der Waals surface area (Å²) in [4.78, 5) is 11.4. The molecule has 14 heavy (non-hydrogen) atoms. The fourth-order valence-electron chi connectivity index (χ4n) is 1.68. The van der Waals surface area contributed by atoms with E-state index in [0.29, 0.717) is 6.42 Å². The molecule has 0 saturated heterocycles. The normalized spacial score (nSPS) is 21.1. The van der Waals surface area contributed by atoms with E-state index in [4.69, 9.17) is 0 Å². The van der Waals surface area contributed by atoms with Crippen LogP contribution in [0.4, 0.5) is 0 Å². The van der Waals surface area contributed by atoms with E-state index < -0.39 is 6.10 Å². The lowest BCUT2D eigenvalue weighted by molar-refractivity contribution is -0.115. The van der Waals surface area contributed by atoms with E-state index in [0.717, 1.165) is 11.1 Å². The molecule has 0 unspecified atom stereocenters. The fourth-order valence-corrected chi connectivity index (χ4v) is 1.68. The molecule has 1 aromatic rings. The van der Waals surface area contributed by atoms with Crippen LogP contribution in [0.5, 0.6) is 0 Å². The molecule has 0 spiro atoms. The molecule has 0 aromatic heterocycles. The van der Waals surface area contributed by atoms with Crippen LogP contribution >= 0.6 is 0 Å². The Hall–Kier alpha value is -1.41. The highest BCUT2D eigenvalue weighted by Gasteiger charge is 2.21. The van der Waals surface area contributed by atoms with E-state index in [9.17, 15) is 9.90 Å². The second-order valence-electron chi connectivity index (χ2n) is 3.55. The Kier molecular flexibility index (Phi) is 2.46. The first-order chi connectivity index (χ1) is 6.75. The van der Waals surface area contributed by atoms with Gasteiger partial charge in [0.25, 0.3) is 0 Å². The first kappa shape index (κ1) is 9.16. The SMILES string of the molecule is O=C1C[C@H](O)C=C1Cc1ccccc1. The van der Waals surface area contributed by atoms with Crippen molar-refractivity contribution in [1.82, 2.24) is 0 Å². The van der Waals surface area contributed by atoms with Crippen molar-refractivity contribution in [3.05, 3.63) is 47.5 Å². The monoisotopic (exact) mass is 188 g/mol. The van der Waals surface area contributed by atoms with Crippen LogP contribution in [0.2, 0.25) is 0 Å². The van der Waals surface area contributed by atoms with Crippen LogP contribution in [0.25, 0.3) is 0 Å². The first-order valence-corrected chi connectivity index (χ1v) is 4.71. The number of aliphatic hydroxyl groups is 1. The van der Waals surface area contributed by atoms with Gasteiger partial charge >= 0.3 is 0 Å². The number of benzene rings is 1. The zero-order chi connectivity index (χ0) is 9.97. The van der Waals surface area contributed by atoms with Gasteiger partial charge < -0.3 is 5.11 Å². The van der Waals surface area contributed by atoms with Crippen LogP contribution in [-0.2, 0) is 11.2 Å². The molecule has 0 radical (unpaired) electrons. The third-order valence-corrected chi connectivity index (χ3v) is 2.38. The maximum absolute atomic E-state index is 11.4. The van der Waals surface area contributed by atoms with Crippen molar-refractivity contribution in [3.63, 3.8) is 0 Å². The number of rotatable bonds is 2. The molecule has 0 bridgehead atoms. The molecule has 1 aliphatic carbocycles. The predicted molar refractivity (Wildman–Crippen MR) is 53.9 cm³/mol. The van der Waals surface area contributed by atoms with Crippen LogP contribution < -0.4 is 0 Å². The number of carbonyl (C=O) groups excluding carboxylic acids is 1. The van der Waals surface area contributed by atoms with Gasteiger partial charge in [0.2, 0.25) is 0 Å². The highest BCUT2D eigenvalue weighted by molar-refractivity contribution is 5.98. The van der Waals surface area contributed by atoms with Crippen molar-refractivity contribution >= 4 is 5.78 Å². The predicted octanol–water partition coefficient (Wildman–Crippen LogP) is 1.49. The molecular weight excluding hydrogens is 176 g/mol. The van der Waals surface area contributed by atoms with E-state index in [1.165, 1.54) is 0 Å². The van der Waals surface area contributed by atoms with Gasteiger partial charge in [-0.2, -0.15) is 0 Å². The number of hydrogen-bond acceptors (Lipinski definition) is 2. The van der Waals surface area contributed by atoms with Gasteiger partial charge in [0, 0.05) is 12.8 Å². The van der Waals surface area contributed by atoms with Crippen molar-refractivity contribution in [1.29, 1.82) is 0 Å². The fraction of sp³-hybridized carbons (Fsp3) is 0.250. The molecule has 2 heteroatoms. The molecule has 1 N–H and O–H groups in total. The van der Waals surface area contributed by atoms with Gasteiger partial charge in [0.05, 0.1) is 6.10 Å². The minimum atomic E-state index is -0.568. The largest absolute Gasteiger partial charge is 0.389 e. The van der Waals surface area contributed by atoms with Crippen molar-refractivity contribution < 1.29 is 9.90 Å². The Balaban J connectivity index is 2.12. The number of allylic oxidation sites excluding steroid dienone is 1. The summed E-state index contributed by atoms with van der Waals surface area (Å²) in [6.07, 6.45) is 1.98. The molecule has 1 atom stereocenters. The zero-order valence-corrected chi connectivity index (χ0v) is 7.81. The van der Waals surface area contributed by atoms with Crippen LogP contribution in [0.15, 0.2) is 42.0 Å². The summed E-state index contributed by atoms with van der Waals surface area (Å²) in [5.74, 6) is 0.0707. The van der Waals surface area contributed by atoms with Gasteiger partial charge in [-0.1, -0.05) is 30.3 Å². The van der Waals surface area contributed by atoms with E-state index in [1.807, 2.05) is 30.3 Å². The summed E-state index contributed by atoms with van der Waals surface area (Å²) < 4.78 is 0. The number of carbonyl (C=O) groups is 1. The van der Waals surface area contributed by atoms with E-state index in [1.54, 1.807) is 6.08 Å².